The first-order valence-corrected chi connectivity index (χ1v) is 11.9. The van der Waals surface area contributed by atoms with E-state index >= 15 is 0 Å². The Bertz CT molecular complexity index is 1150. The molecule has 0 saturated carbocycles. The van der Waals surface area contributed by atoms with Crippen LogP contribution in [0, 0.1) is 20.8 Å². The Labute approximate surface area is 191 Å². The van der Waals surface area contributed by atoms with Crippen molar-refractivity contribution in [3.05, 3.63) is 45.3 Å². The Morgan fingerprint density at radius 3 is 2.31 bits per heavy atom. The number of carbonyl (C=O) groups is 3. The van der Waals surface area contributed by atoms with E-state index < -0.39 is 34.5 Å². The second kappa shape index (κ2) is 10.2. The van der Waals surface area contributed by atoms with Crippen LogP contribution < -0.4 is 5.32 Å². The number of thiophene rings is 1. The molecule has 2 aromatic rings. The summed E-state index contributed by atoms with van der Waals surface area (Å²) >= 11 is 1.22. The average Bonchev–Trinajstić information content (AvgIpc) is 2.99. The van der Waals surface area contributed by atoms with Gasteiger partial charge in [0.2, 0.25) is 10.0 Å². The zero-order valence-corrected chi connectivity index (χ0v) is 20.4. The molecular formula is C21H26N2O7S2. The predicted octanol–water partition coefficient (Wildman–Crippen LogP) is 2.90. The maximum Gasteiger partial charge on any atom is 0.341 e. The number of nitrogens with one attached hydrogen (secondary N) is 1. The molecule has 1 aromatic carbocycles. The standard InChI is InChI=1S/C21H26N2O7S2/c1-7-29-21(26)18-13(3)14(4)31-19(18)22-17(24)11-30-20(25)16-10-15(9-8-12(16)2)32(27,28)23(5)6/h8-10H,7,11H2,1-6H3,(H,22,24). The third kappa shape index (κ3) is 5.53. The summed E-state index contributed by atoms with van der Waals surface area (Å²) in [5, 5.41) is 2.90. The molecular weight excluding hydrogens is 456 g/mol. The van der Waals surface area contributed by atoms with E-state index in [1.807, 2.05) is 6.92 Å². The second-order valence-electron chi connectivity index (χ2n) is 7.10. The van der Waals surface area contributed by atoms with Gasteiger partial charge in [0, 0.05) is 19.0 Å². The fourth-order valence-corrected chi connectivity index (χ4v) is 4.72. The molecule has 0 aliphatic heterocycles. The summed E-state index contributed by atoms with van der Waals surface area (Å²) < 4.78 is 35.8. The Hall–Kier alpha value is -2.76. The first-order chi connectivity index (χ1) is 14.9. The fraction of sp³-hybridized carbons (Fsp3) is 0.381. The second-order valence-corrected chi connectivity index (χ2v) is 10.5. The molecule has 11 heteroatoms. The number of hydrogen-bond acceptors (Lipinski definition) is 8. The fourth-order valence-electron chi connectivity index (χ4n) is 2.73. The Balaban J connectivity index is 2.14. The van der Waals surface area contributed by atoms with Crippen molar-refractivity contribution in [3.8, 4) is 0 Å². The third-order valence-corrected chi connectivity index (χ3v) is 7.59. The molecule has 0 saturated heterocycles. The zero-order valence-electron chi connectivity index (χ0n) is 18.8. The van der Waals surface area contributed by atoms with Crippen molar-refractivity contribution in [3.63, 3.8) is 0 Å². The summed E-state index contributed by atoms with van der Waals surface area (Å²) in [6.07, 6.45) is 0. The Kier molecular flexibility index (Phi) is 8.16. The van der Waals surface area contributed by atoms with Crippen molar-refractivity contribution in [2.45, 2.75) is 32.6 Å². The van der Waals surface area contributed by atoms with E-state index in [4.69, 9.17) is 9.47 Å². The monoisotopic (exact) mass is 482 g/mol. The van der Waals surface area contributed by atoms with Gasteiger partial charge in [-0.2, -0.15) is 0 Å². The number of rotatable bonds is 8. The van der Waals surface area contributed by atoms with E-state index in [0.717, 1.165) is 9.18 Å². The molecule has 0 spiro atoms. The molecule has 174 valence electrons. The van der Waals surface area contributed by atoms with Crippen molar-refractivity contribution < 1.29 is 32.3 Å². The molecule has 0 fully saturated rings. The van der Waals surface area contributed by atoms with Gasteiger partial charge in [-0.05, 0) is 51.0 Å². The van der Waals surface area contributed by atoms with Crippen molar-refractivity contribution >= 4 is 44.2 Å². The van der Waals surface area contributed by atoms with Gasteiger partial charge in [-0.25, -0.2) is 22.3 Å². The van der Waals surface area contributed by atoms with E-state index in [2.05, 4.69) is 5.32 Å². The highest BCUT2D eigenvalue weighted by molar-refractivity contribution is 7.89. The minimum atomic E-state index is -3.74. The molecule has 0 atom stereocenters. The van der Waals surface area contributed by atoms with Crippen LogP contribution in [0.15, 0.2) is 23.1 Å². The molecule has 0 unspecified atom stereocenters. The number of hydrogen-bond donors (Lipinski definition) is 1. The maximum atomic E-state index is 12.5. The van der Waals surface area contributed by atoms with Gasteiger partial charge in [-0.1, -0.05) is 6.07 Å². The number of aryl methyl sites for hydroxylation is 2. The Morgan fingerprint density at radius 2 is 1.72 bits per heavy atom. The van der Waals surface area contributed by atoms with Crippen LogP contribution in [0.3, 0.4) is 0 Å². The molecule has 32 heavy (non-hydrogen) atoms. The lowest BCUT2D eigenvalue weighted by Crippen LogP contribution is -2.24. The van der Waals surface area contributed by atoms with Crippen LogP contribution in [-0.4, -0.2) is 57.9 Å². The zero-order chi connectivity index (χ0) is 24.2. The molecule has 9 nitrogen and oxygen atoms in total. The summed E-state index contributed by atoms with van der Waals surface area (Å²) in [5.74, 6) is -2.02. The number of ether oxygens (including phenoxy) is 2. The summed E-state index contributed by atoms with van der Waals surface area (Å²) in [5.41, 5.74) is 1.51. The first kappa shape index (κ1) is 25.5. The number of benzene rings is 1. The highest BCUT2D eigenvalue weighted by atomic mass is 32.2. The summed E-state index contributed by atoms with van der Waals surface area (Å²) in [4.78, 5) is 37.9. The van der Waals surface area contributed by atoms with Crippen LogP contribution in [0.5, 0.6) is 0 Å². The SMILES string of the molecule is CCOC(=O)c1c(NC(=O)COC(=O)c2cc(S(=O)(=O)N(C)C)ccc2C)sc(C)c1C. The molecule has 0 bridgehead atoms. The number of nitrogens with zero attached hydrogens (tertiary/aromatic N) is 1. The van der Waals surface area contributed by atoms with Crippen LogP contribution in [-0.2, 0) is 24.3 Å². The molecule has 0 aliphatic rings. The normalized spacial score (nSPS) is 11.3. The molecule has 1 aromatic heterocycles. The number of amides is 1. The maximum absolute atomic E-state index is 12.5. The summed E-state index contributed by atoms with van der Waals surface area (Å²) in [7, 11) is -0.967. The van der Waals surface area contributed by atoms with Gasteiger partial charge in [-0.3, -0.25) is 4.79 Å². The molecule has 0 radical (unpaired) electrons. The average molecular weight is 483 g/mol. The van der Waals surface area contributed by atoms with Crippen LogP contribution in [0.25, 0.3) is 0 Å². The first-order valence-electron chi connectivity index (χ1n) is 9.67. The highest BCUT2D eigenvalue weighted by Crippen LogP contribution is 2.33. The lowest BCUT2D eigenvalue weighted by molar-refractivity contribution is -0.119. The van der Waals surface area contributed by atoms with Gasteiger partial charge in [0.05, 0.1) is 22.6 Å². The third-order valence-electron chi connectivity index (χ3n) is 4.66. The predicted molar refractivity (Wildman–Crippen MR) is 121 cm³/mol. The molecule has 1 heterocycles. The molecule has 0 aliphatic carbocycles. The van der Waals surface area contributed by atoms with Crippen LogP contribution in [0.2, 0.25) is 0 Å². The van der Waals surface area contributed by atoms with E-state index in [9.17, 15) is 22.8 Å². The molecule has 1 N–H and O–H groups in total. The minimum Gasteiger partial charge on any atom is -0.462 e. The van der Waals surface area contributed by atoms with Crippen molar-refractivity contribution in [1.82, 2.24) is 4.31 Å². The largest absolute Gasteiger partial charge is 0.462 e. The summed E-state index contributed by atoms with van der Waals surface area (Å²) in [6, 6.07) is 4.11. The number of anilines is 1. The van der Waals surface area contributed by atoms with Crippen LogP contribution in [0.4, 0.5) is 5.00 Å². The number of sulfonamides is 1. The topological polar surface area (TPSA) is 119 Å². The van der Waals surface area contributed by atoms with Crippen LogP contribution in [0.1, 0.15) is 43.6 Å². The summed E-state index contributed by atoms with van der Waals surface area (Å²) in [6.45, 7) is 6.47. The molecule has 1 amide bonds. The van der Waals surface area contributed by atoms with Gasteiger partial charge >= 0.3 is 11.9 Å². The van der Waals surface area contributed by atoms with E-state index in [-0.39, 0.29) is 22.6 Å². The smallest absolute Gasteiger partial charge is 0.341 e. The van der Waals surface area contributed by atoms with Gasteiger partial charge in [0.15, 0.2) is 6.61 Å². The van der Waals surface area contributed by atoms with Crippen LogP contribution >= 0.6 is 11.3 Å². The van der Waals surface area contributed by atoms with E-state index in [1.165, 1.54) is 43.6 Å². The van der Waals surface area contributed by atoms with Crippen molar-refractivity contribution in [2.75, 3.05) is 32.6 Å². The van der Waals surface area contributed by atoms with Gasteiger partial charge in [0.1, 0.15) is 5.00 Å². The van der Waals surface area contributed by atoms with E-state index in [1.54, 1.807) is 20.8 Å². The van der Waals surface area contributed by atoms with Gasteiger partial charge in [0.25, 0.3) is 5.91 Å². The van der Waals surface area contributed by atoms with E-state index in [0.29, 0.717) is 16.1 Å². The highest BCUT2D eigenvalue weighted by Gasteiger charge is 2.24. The lowest BCUT2D eigenvalue weighted by atomic mass is 10.1. The minimum absolute atomic E-state index is 0.0377. The van der Waals surface area contributed by atoms with Gasteiger partial charge in [-0.15, -0.1) is 11.3 Å². The lowest BCUT2D eigenvalue weighted by Gasteiger charge is -2.13. The van der Waals surface area contributed by atoms with Crippen molar-refractivity contribution in [1.29, 1.82) is 0 Å². The van der Waals surface area contributed by atoms with Crippen molar-refractivity contribution in [2.24, 2.45) is 0 Å². The molecule has 2 rings (SSSR count). The quantitative estimate of drug-likeness (QED) is 0.575. The Morgan fingerprint density at radius 1 is 1.06 bits per heavy atom. The number of carbonyl (C=O) groups excluding carboxylic acids is 3. The number of esters is 2. The van der Waals surface area contributed by atoms with Gasteiger partial charge < -0.3 is 14.8 Å².